The zero-order valence-electron chi connectivity index (χ0n) is 12.1. The number of Topliss-reactive ketones (excluding diaryl/α,β-unsaturated/α-hetero) is 1. The molecule has 1 amide bonds. The number of fused-ring (bicyclic) bond motifs is 1. The van der Waals surface area contributed by atoms with Crippen LogP contribution in [0.2, 0.25) is 0 Å². The second-order valence-corrected chi connectivity index (χ2v) is 6.95. The van der Waals surface area contributed by atoms with Crippen LogP contribution >= 0.6 is 0 Å². The van der Waals surface area contributed by atoms with E-state index in [0.29, 0.717) is 0 Å². The predicted molar refractivity (Wildman–Crippen MR) is 82.4 cm³/mol. The number of ketones is 1. The summed E-state index contributed by atoms with van der Waals surface area (Å²) in [5.74, 6) is -1.06. The molecular formula is C15H13N3O4S. The third-order valence-corrected chi connectivity index (χ3v) is 5.47. The van der Waals surface area contributed by atoms with E-state index in [-0.39, 0.29) is 16.3 Å². The van der Waals surface area contributed by atoms with Crippen molar-refractivity contribution in [3.8, 4) is 0 Å². The lowest BCUT2D eigenvalue weighted by molar-refractivity contribution is -0.118. The Hall–Kier alpha value is -2.58. The van der Waals surface area contributed by atoms with Crippen LogP contribution in [0.5, 0.6) is 0 Å². The predicted octanol–water partition coefficient (Wildman–Crippen LogP) is 0.906. The van der Waals surface area contributed by atoms with Gasteiger partial charge in [-0.15, -0.1) is 0 Å². The van der Waals surface area contributed by atoms with E-state index >= 15 is 0 Å². The summed E-state index contributed by atoms with van der Waals surface area (Å²) >= 11 is 0. The van der Waals surface area contributed by atoms with Crippen molar-refractivity contribution < 1.29 is 18.0 Å². The summed E-state index contributed by atoms with van der Waals surface area (Å²) in [5.41, 5.74) is 0.0202. The molecule has 0 saturated carbocycles. The third-order valence-electron chi connectivity index (χ3n) is 3.59. The second kappa shape index (κ2) is 5.56. The summed E-state index contributed by atoms with van der Waals surface area (Å²) in [5, 5.41) is 2.46. The standard InChI is InChI=1S/C15H13N3O4S/c1-18-13(15(20)17-12-8-4-5-9-16-12)14(19)10-6-2-3-7-11(10)23(18,21)22/h2-9,13H,1H3,(H,16,17,20)/t13-/m0/s1. The SMILES string of the molecule is CN1[C@H](C(=O)Nc2ccccn2)C(=O)c2ccccc2S1(=O)=O. The van der Waals surface area contributed by atoms with Crippen LogP contribution in [0, 0.1) is 0 Å². The van der Waals surface area contributed by atoms with Gasteiger partial charge in [0, 0.05) is 18.8 Å². The van der Waals surface area contributed by atoms with Crippen molar-refractivity contribution in [3.05, 3.63) is 54.2 Å². The molecule has 8 heteroatoms. The maximum atomic E-state index is 12.6. The number of hydrogen-bond acceptors (Lipinski definition) is 5. The highest BCUT2D eigenvalue weighted by atomic mass is 32.2. The monoisotopic (exact) mass is 331 g/mol. The zero-order chi connectivity index (χ0) is 16.6. The van der Waals surface area contributed by atoms with Gasteiger partial charge in [0.25, 0.3) is 5.91 Å². The van der Waals surface area contributed by atoms with Crippen LogP contribution < -0.4 is 5.32 Å². The highest BCUT2D eigenvalue weighted by Crippen LogP contribution is 2.29. The number of aromatic nitrogens is 1. The zero-order valence-corrected chi connectivity index (χ0v) is 12.9. The van der Waals surface area contributed by atoms with E-state index < -0.39 is 27.8 Å². The Labute approximate surface area is 133 Å². The highest BCUT2D eigenvalue weighted by Gasteiger charge is 2.45. The quantitative estimate of drug-likeness (QED) is 0.825. The van der Waals surface area contributed by atoms with Crippen LogP contribution in [-0.2, 0) is 14.8 Å². The summed E-state index contributed by atoms with van der Waals surface area (Å²) in [6.07, 6.45) is 1.48. The Balaban J connectivity index is 2.01. The van der Waals surface area contributed by atoms with Crippen molar-refractivity contribution in [2.45, 2.75) is 10.9 Å². The maximum absolute atomic E-state index is 12.6. The minimum Gasteiger partial charge on any atom is -0.309 e. The lowest BCUT2D eigenvalue weighted by Crippen LogP contribution is -2.53. The van der Waals surface area contributed by atoms with Crippen LogP contribution in [0.4, 0.5) is 5.82 Å². The van der Waals surface area contributed by atoms with E-state index in [1.54, 1.807) is 24.3 Å². The first-order valence-corrected chi connectivity index (χ1v) is 8.20. The van der Waals surface area contributed by atoms with Crippen molar-refractivity contribution in [2.75, 3.05) is 12.4 Å². The van der Waals surface area contributed by atoms with Gasteiger partial charge in [-0.1, -0.05) is 18.2 Å². The van der Waals surface area contributed by atoms with Crippen molar-refractivity contribution in [3.63, 3.8) is 0 Å². The number of hydrogen-bond donors (Lipinski definition) is 1. The molecule has 23 heavy (non-hydrogen) atoms. The van der Waals surface area contributed by atoms with Crippen molar-refractivity contribution >= 4 is 27.5 Å². The minimum absolute atomic E-state index is 0.0202. The Morgan fingerprint density at radius 1 is 1.17 bits per heavy atom. The number of nitrogens with one attached hydrogen (secondary N) is 1. The Kier molecular flexibility index (Phi) is 3.70. The number of nitrogens with zero attached hydrogens (tertiary/aromatic N) is 2. The van der Waals surface area contributed by atoms with Crippen LogP contribution in [0.25, 0.3) is 0 Å². The van der Waals surface area contributed by atoms with Crippen LogP contribution in [0.3, 0.4) is 0 Å². The number of benzene rings is 1. The molecule has 0 saturated heterocycles. The summed E-state index contributed by atoms with van der Waals surface area (Å²) in [7, 11) is -2.69. The average Bonchev–Trinajstić information content (AvgIpc) is 2.54. The van der Waals surface area contributed by atoms with E-state index in [1.807, 2.05) is 0 Å². The van der Waals surface area contributed by atoms with Crippen LogP contribution in [0.15, 0.2) is 53.6 Å². The Bertz CT molecular complexity index is 881. The van der Waals surface area contributed by atoms with Gasteiger partial charge in [0.05, 0.1) is 4.90 Å². The molecule has 7 nitrogen and oxygen atoms in total. The average molecular weight is 331 g/mol. The van der Waals surface area contributed by atoms with Gasteiger partial charge in [0.2, 0.25) is 10.0 Å². The fourth-order valence-corrected chi connectivity index (χ4v) is 3.89. The molecule has 0 fully saturated rings. The van der Waals surface area contributed by atoms with E-state index in [9.17, 15) is 18.0 Å². The number of likely N-dealkylation sites (N-methyl/N-ethyl adjacent to an activating group) is 1. The Morgan fingerprint density at radius 2 is 1.87 bits per heavy atom. The topological polar surface area (TPSA) is 96.4 Å². The first-order valence-electron chi connectivity index (χ1n) is 6.76. The first kappa shape index (κ1) is 15.3. The summed E-state index contributed by atoms with van der Waals surface area (Å²) in [4.78, 5) is 28.8. The van der Waals surface area contributed by atoms with E-state index in [4.69, 9.17) is 0 Å². The molecule has 1 N–H and O–H groups in total. The van der Waals surface area contributed by atoms with Gasteiger partial charge in [-0.2, -0.15) is 4.31 Å². The van der Waals surface area contributed by atoms with Gasteiger partial charge >= 0.3 is 0 Å². The number of rotatable bonds is 2. The van der Waals surface area contributed by atoms with E-state index in [0.717, 1.165) is 4.31 Å². The Morgan fingerprint density at radius 3 is 2.57 bits per heavy atom. The van der Waals surface area contributed by atoms with Gasteiger partial charge in [-0.3, -0.25) is 9.59 Å². The normalized spacial score (nSPS) is 19.9. The van der Waals surface area contributed by atoms with Crippen molar-refractivity contribution in [1.29, 1.82) is 0 Å². The fraction of sp³-hybridized carbons (Fsp3) is 0.133. The largest absolute Gasteiger partial charge is 0.309 e. The van der Waals surface area contributed by atoms with E-state index in [2.05, 4.69) is 10.3 Å². The number of anilines is 1. The van der Waals surface area contributed by atoms with Crippen LogP contribution in [-0.4, -0.2) is 42.5 Å². The summed E-state index contributed by atoms with van der Waals surface area (Å²) in [6.45, 7) is 0. The van der Waals surface area contributed by atoms with Gasteiger partial charge in [-0.25, -0.2) is 13.4 Å². The number of amides is 1. The number of carbonyl (C=O) groups excluding carboxylic acids is 2. The lowest BCUT2D eigenvalue weighted by Gasteiger charge is -2.30. The van der Waals surface area contributed by atoms with E-state index in [1.165, 1.54) is 31.4 Å². The summed E-state index contributed by atoms with van der Waals surface area (Å²) < 4.78 is 25.8. The molecule has 118 valence electrons. The molecule has 1 aromatic heterocycles. The molecule has 1 aliphatic rings. The molecule has 1 aliphatic heterocycles. The lowest BCUT2D eigenvalue weighted by atomic mass is 10.0. The molecule has 2 aromatic rings. The molecule has 0 bridgehead atoms. The van der Waals surface area contributed by atoms with Crippen molar-refractivity contribution in [1.82, 2.24) is 9.29 Å². The number of pyridine rings is 1. The molecule has 2 heterocycles. The smallest absolute Gasteiger partial charge is 0.251 e. The molecule has 0 unspecified atom stereocenters. The molecule has 1 aromatic carbocycles. The highest BCUT2D eigenvalue weighted by molar-refractivity contribution is 7.89. The number of carbonyl (C=O) groups is 2. The molecule has 3 rings (SSSR count). The van der Waals surface area contributed by atoms with Crippen molar-refractivity contribution in [2.24, 2.45) is 0 Å². The molecule has 0 radical (unpaired) electrons. The molecule has 1 atom stereocenters. The maximum Gasteiger partial charge on any atom is 0.251 e. The van der Waals surface area contributed by atoms with Crippen LogP contribution in [0.1, 0.15) is 10.4 Å². The fourth-order valence-electron chi connectivity index (χ4n) is 2.42. The first-order chi connectivity index (χ1) is 10.9. The molecule has 0 aliphatic carbocycles. The molecular weight excluding hydrogens is 318 g/mol. The summed E-state index contributed by atoms with van der Waals surface area (Å²) in [6, 6.07) is 9.28. The third kappa shape index (κ3) is 2.51. The van der Waals surface area contributed by atoms with Gasteiger partial charge < -0.3 is 5.32 Å². The van der Waals surface area contributed by atoms with Gasteiger partial charge in [0.1, 0.15) is 5.82 Å². The van der Waals surface area contributed by atoms with Gasteiger partial charge in [-0.05, 0) is 24.3 Å². The minimum atomic E-state index is -3.91. The molecule has 0 spiro atoms. The number of sulfonamides is 1. The van der Waals surface area contributed by atoms with Gasteiger partial charge in [0.15, 0.2) is 11.8 Å². The second-order valence-electron chi connectivity index (χ2n) is 4.99.